The topological polar surface area (TPSA) is 55.1 Å². The Labute approximate surface area is 136 Å². The number of rotatable bonds is 4. The lowest BCUT2D eigenvalue weighted by molar-refractivity contribution is 0.0903. The van der Waals surface area contributed by atoms with Crippen molar-refractivity contribution in [1.29, 1.82) is 0 Å². The van der Waals surface area contributed by atoms with E-state index in [-0.39, 0.29) is 17.7 Å². The highest BCUT2D eigenvalue weighted by Gasteiger charge is 2.17. The summed E-state index contributed by atoms with van der Waals surface area (Å²) in [7, 11) is 0. The number of carbonyl (C=O) groups is 1. The number of halogens is 1. The Bertz CT molecular complexity index is 782. The van der Waals surface area contributed by atoms with Crippen LogP contribution in [0.5, 0.6) is 0 Å². The van der Waals surface area contributed by atoms with Gasteiger partial charge < -0.3 is 9.84 Å². The van der Waals surface area contributed by atoms with Crippen molar-refractivity contribution in [2.24, 2.45) is 0 Å². The van der Waals surface area contributed by atoms with Crippen LogP contribution >= 0.6 is 22.9 Å². The van der Waals surface area contributed by atoms with Gasteiger partial charge in [0.2, 0.25) is 5.76 Å². The Balaban J connectivity index is 1.72. The van der Waals surface area contributed by atoms with E-state index in [2.05, 4.69) is 10.5 Å². The van der Waals surface area contributed by atoms with E-state index in [1.165, 1.54) is 11.3 Å². The fourth-order valence-electron chi connectivity index (χ4n) is 2.03. The molecule has 1 amide bonds. The van der Waals surface area contributed by atoms with Crippen molar-refractivity contribution in [1.82, 2.24) is 10.5 Å². The number of carbonyl (C=O) groups excluding carboxylic acids is 1. The maximum Gasteiger partial charge on any atom is 0.290 e. The van der Waals surface area contributed by atoms with Crippen molar-refractivity contribution < 1.29 is 9.32 Å². The van der Waals surface area contributed by atoms with E-state index in [0.717, 1.165) is 10.4 Å². The molecule has 0 aliphatic heterocycles. The number of hydrogen-bond acceptors (Lipinski definition) is 4. The predicted octanol–water partition coefficient (Wildman–Crippen LogP) is 4.55. The Morgan fingerprint density at radius 1 is 1.27 bits per heavy atom. The molecule has 2 heterocycles. The van der Waals surface area contributed by atoms with E-state index in [1.807, 2.05) is 49.4 Å². The minimum absolute atomic E-state index is 0.143. The Morgan fingerprint density at radius 3 is 2.73 bits per heavy atom. The van der Waals surface area contributed by atoms with Gasteiger partial charge in [0, 0.05) is 16.5 Å². The van der Waals surface area contributed by atoms with Crippen molar-refractivity contribution in [2.75, 3.05) is 0 Å². The lowest BCUT2D eigenvalue weighted by Crippen LogP contribution is -2.25. The van der Waals surface area contributed by atoms with Crippen LogP contribution in [0.3, 0.4) is 0 Å². The second kappa shape index (κ2) is 6.34. The number of nitrogens with zero attached hydrogens (tertiary/aromatic N) is 1. The molecule has 6 heteroatoms. The number of amides is 1. The summed E-state index contributed by atoms with van der Waals surface area (Å²) in [6, 6.07) is 14.8. The molecular weight excluding hydrogens is 320 g/mol. The second-order valence-electron chi connectivity index (χ2n) is 4.78. The molecule has 3 aromatic rings. The molecule has 1 atom stereocenters. The molecule has 0 bridgehead atoms. The van der Waals surface area contributed by atoms with Crippen LogP contribution in [-0.4, -0.2) is 11.1 Å². The van der Waals surface area contributed by atoms with Crippen molar-refractivity contribution in [3.8, 4) is 11.3 Å². The number of hydrogen-bond donors (Lipinski definition) is 1. The number of thiophene rings is 1. The third-order valence-corrected chi connectivity index (χ3v) is 4.59. The lowest BCUT2D eigenvalue weighted by Gasteiger charge is -2.10. The molecule has 0 aliphatic rings. The van der Waals surface area contributed by atoms with Gasteiger partial charge in [-0.25, -0.2) is 0 Å². The lowest BCUT2D eigenvalue weighted by atomic mass is 10.1. The predicted molar refractivity (Wildman–Crippen MR) is 87.1 cm³/mol. The van der Waals surface area contributed by atoms with Gasteiger partial charge in [0.1, 0.15) is 5.69 Å². The summed E-state index contributed by atoms with van der Waals surface area (Å²) in [5.41, 5.74) is 1.54. The molecule has 4 nitrogen and oxygen atoms in total. The zero-order valence-corrected chi connectivity index (χ0v) is 13.3. The Kier molecular flexibility index (Phi) is 4.27. The minimum atomic E-state index is -0.299. The van der Waals surface area contributed by atoms with Crippen molar-refractivity contribution >= 4 is 28.8 Å². The smallest absolute Gasteiger partial charge is 0.290 e. The van der Waals surface area contributed by atoms with Crippen LogP contribution in [0.15, 0.2) is 53.1 Å². The first-order chi connectivity index (χ1) is 10.6. The van der Waals surface area contributed by atoms with E-state index in [4.69, 9.17) is 16.1 Å². The van der Waals surface area contributed by atoms with Crippen LogP contribution in [0.4, 0.5) is 0 Å². The van der Waals surface area contributed by atoms with Gasteiger partial charge in [-0.2, -0.15) is 0 Å². The average molecular weight is 333 g/mol. The second-order valence-corrected chi connectivity index (χ2v) is 6.53. The molecule has 0 spiro atoms. The van der Waals surface area contributed by atoms with E-state index in [0.29, 0.717) is 10.0 Å². The molecule has 0 aliphatic carbocycles. The molecule has 2 aromatic heterocycles. The van der Waals surface area contributed by atoms with Gasteiger partial charge >= 0.3 is 0 Å². The minimum Gasteiger partial charge on any atom is -0.350 e. The van der Waals surface area contributed by atoms with Gasteiger partial charge in [-0.1, -0.05) is 47.1 Å². The quantitative estimate of drug-likeness (QED) is 0.762. The maximum atomic E-state index is 12.2. The van der Waals surface area contributed by atoms with E-state index in [1.54, 1.807) is 6.07 Å². The summed E-state index contributed by atoms with van der Waals surface area (Å²) in [6.45, 7) is 1.90. The molecule has 0 fully saturated rings. The third-order valence-electron chi connectivity index (χ3n) is 3.17. The van der Waals surface area contributed by atoms with Crippen LogP contribution < -0.4 is 5.32 Å². The van der Waals surface area contributed by atoms with Gasteiger partial charge in [-0.3, -0.25) is 4.79 Å². The maximum absolute atomic E-state index is 12.2. The summed E-state index contributed by atoms with van der Waals surface area (Å²) in [5, 5.41) is 6.81. The zero-order valence-electron chi connectivity index (χ0n) is 11.7. The fraction of sp³-hybridized carbons (Fsp3) is 0.125. The van der Waals surface area contributed by atoms with Crippen LogP contribution in [0.2, 0.25) is 4.34 Å². The van der Waals surface area contributed by atoms with Gasteiger partial charge in [-0.05, 0) is 19.1 Å². The van der Waals surface area contributed by atoms with Crippen LogP contribution in [-0.2, 0) is 0 Å². The van der Waals surface area contributed by atoms with Gasteiger partial charge in [0.25, 0.3) is 5.91 Å². The molecule has 112 valence electrons. The summed E-state index contributed by atoms with van der Waals surface area (Å²) < 4.78 is 5.83. The standard InChI is InChI=1S/C16H13ClN2O2S/c1-10(14-7-8-15(17)22-14)18-16(20)13-9-12(19-21-13)11-5-3-2-4-6-11/h2-10H,1H3,(H,18,20). The molecule has 3 rings (SSSR count). The normalized spacial score (nSPS) is 12.1. The van der Waals surface area contributed by atoms with Gasteiger partial charge in [0.15, 0.2) is 0 Å². The largest absolute Gasteiger partial charge is 0.350 e. The highest BCUT2D eigenvalue weighted by atomic mass is 35.5. The monoisotopic (exact) mass is 332 g/mol. The number of benzene rings is 1. The molecule has 1 aromatic carbocycles. The average Bonchev–Trinajstić information content (AvgIpc) is 3.17. The highest BCUT2D eigenvalue weighted by molar-refractivity contribution is 7.16. The SMILES string of the molecule is CC(NC(=O)c1cc(-c2ccccc2)no1)c1ccc(Cl)s1. The molecule has 1 N–H and O–H groups in total. The summed E-state index contributed by atoms with van der Waals surface area (Å²) in [5.74, 6) is -0.111. The molecule has 22 heavy (non-hydrogen) atoms. The van der Waals surface area contributed by atoms with Crippen LogP contribution in [0, 0.1) is 0 Å². The van der Waals surface area contributed by atoms with Crippen LogP contribution in [0.25, 0.3) is 11.3 Å². The summed E-state index contributed by atoms with van der Waals surface area (Å²) in [4.78, 5) is 13.2. The molecule has 0 saturated carbocycles. The fourth-order valence-corrected chi connectivity index (χ4v) is 3.09. The van der Waals surface area contributed by atoms with Crippen LogP contribution in [0.1, 0.15) is 28.4 Å². The zero-order chi connectivity index (χ0) is 15.5. The van der Waals surface area contributed by atoms with E-state index >= 15 is 0 Å². The highest BCUT2D eigenvalue weighted by Crippen LogP contribution is 2.27. The van der Waals surface area contributed by atoms with Crippen molar-refractivity contribution in [2.45, 2.75) is 13.0 Å². The first kappa shape index (κ1) is 14.8. The van der Waals surface area contributed by atoms with Gasteiger partial charge in [-0.15, -0.1) is 11.3 Å². The van der Waals surface area contributed by atoms with Crippen molar-refractivity contribution in [3.05, 3.63) is 63.5 Å². The summed E-state index contributed by atoms with van der Waals surface area (Å²) >= 11 is 7.35. The number of aromatic nitrogens is 1. The van der Waals surface area contributed by atoms with E-state index in [9.17, 15) is 4.79 Å². The van der Waals surface area contributed by atoms with E-state index < -0.39 is 0 Å². The Hall–Kier alpha value is -2.11. The molecule has 0 saturated heterocycles. The number of nitrogens with one attached hydrogen (secondary N) is 1. The summed E-state index contributed by atoms with van der Waals surface area (Å²) in [6.07, 6.45) is 0. The Morgan fingerprint density at radius 2 is 2.05 bits per heavy atom. The molecule has 1 unspecified atom stereocenters. The van der Waals surface area contributed by atoms with Gasteiger partial charge in [0.05, 0.1) is 10.4 Å². The first-order valence-electron chi connectivity index (χ1n) is 6.72. The third kappa shape index (κ3) is 3.21. The first-order valence-corrected chi connectivity index (χ1v) is 7.91. The molecule has 0 radical (unpaired) electrons. The van der Waals surface area contributed by atoms with Crippen molar-refractivity contribution in [3.63, 3.8) is 0 Å². The molecular formula is C16H13ClN2O2S.